The standard InChI is InChI=1S/C27H16N2O2S/c28-17-18-10-12-20(13-11-18)29(19-6-2-1-3-7-19)25-15-14-21(32-25)16-24-26(30)22-8-4-5-9-23(22)27(24)31/h1-16H. The third kappa shape index (κ3) is 3.43. The maximum Gasteiger partial charge on any atom is 0.197 e. The van der Waals surface area contributed by atoms with E-state index in [0.717, 1.165) is 21.3 Å². The van der Waals surface area contributed by atoms with Gasteiger partial charge in [0.25, 0.3) is 0 Å². The molecule has 0 unspecified atom stereocenters. The van der Waals surface area contributed by atoms with E-state index >= 15 is 0 Å². The van der Waals surface area contributed by atoms with E-state index in [9.17, 15) is 9.59 Å². The average molecular weight is 433 g/mol. The second-order valence-electron chi connectivity index (χ2n) is 7.27. The van der Waals surface area contributed by atoms with E-state index in [4.69, 9.17) is 5.26 Å². The number of hydrogen-bond donors (Lipinski definition) is 0. The van der Waals surface area contributed by atoms with Gasteiger partial charge < -0.3 is 4.90 Å². The Morgan fingerprint density at radius 3 is 1.94 bits per heavy atom. The Morgan fingerprint density at radius 1 is 0.719 bits per heavy atom. The van der Waals surface area contributed by atoms with E-state index in [0.29, 0.717) is 16.7 Å². The van der Waals surface area contributed by atoms with E-state index < -0.39 is 0 Å². The number of para-hydroxylation sites is 1. The van der Waals surface area contributed by atoms with Gasteiger partial charge in [-0.2, -0.15) is 5.26 Å². The Bertz CT molecular complexity index is 1370. The molecule has 5 heteroatoms. The molecule has 4 nitrogen and oxygen atoms in total. The summed E-state index contributed by atoms with van der Waals surface area (Å²) in [4.78, 5) is 28.4. The summed E-state index contributed by atoms with van der Waals surface area (Å²) in [5.41, 5.74) is 3.60. The van der Waals surface area contributed by atoms with Crippen LogP contribution >= 0.6 is 11.3 Å². The van der Waals surface area contributed by atoms with Gasteiger partial charge in [0.15, 0.2) is 11.6 Å². The fourth-order valence-corrected chi connectivity index (χ4v) is 4.74. The van der Waals surface area contributed by atoms with Gasteiger partial charge in [-0.1, -0.05) is 42.5 Å². The summed E-state index contributed by atoms with van der Waals surface area (Å²) in [7, 11) is 0. The number of nitriles is 1. The van der Waals surface area contributed by atoms with Crippen LogP contribution in [0.25, 0.3) is 6.08 Å². The number of hydrogen-bond acceptors (Lipinski definition) is 5. The summed E-state index contributed by atoms with van der Waals surface area (Å²) in [6.07, 6.45) is 1.68. The molecule has 3 aromatic carbocycles. The highest BCUT2D eigenvalue weighted by atomic mass is 32.1. The number of nitrogens with zero attached hydrogens (tertiary/aromatic N) is 2. The molecule has 1 aliphatic rings. The molecule has 1 heterocycles. The maximum absolute atomic E-state index is 12.7. The van der Waals surface area contributed by atoms with Crippen LogP contribution in [-0.4, -0.2) is 11.6 Å². The van der Waals surface area contributed by atoms with Gasteiger partial charge in [-0.15, -0.1) is 11.3 Å². The van der Waals surface area contributed by atoms with Gasteiger partial charge in [0.1, 0.15) is 5.00 Å². The van der Waals surface area contributed by atoms with Crippen molar-refractivity contribution in [3.8, 4) is 6.07 Å². The molecule has 0 atom stereocenters. The van der Waals surface area contributed by atoms with Crippen LogP contribution in [0.4, 0.5) is 16.4 Å². The first-order chi connectivity index (χ1) is 15.7. The number of Topliss-reactive ketones (excluding diaryl/α,β-unsaturated/α-hetero) is 2. The lowest BCUT2D eigenvalue weighted by Gasteiger charge is -2.23. The highest BCUT2D eigenvalue weighted by Crippen LogP contribution is 2.40. The SMILES string of the molecule is N#Cc1ccc(N(c2ccccc2)c2ccc(C=C3C(=O)c4ccccc4C3=O)s2)cc1. The van der Waals surface area contributed by atoms with Crippen molar-refractivity contribution in [3.05, 3.63) is 118 Å². The number of thiophene rings is 1. The van der Waals surface area contributed by atoms with Gasteiger partial charge in [-0.05, 0) is 54.6 Å². The zero-order chi connectivity index (χ0) is 22.1. The predicted octanol–water partition coefficient (Wildman–Crippen LogP) is 6.55. The van der Waals surface area contributed by atoms with Gasteiger partial charge in [0.2, 0.25) is 0 Å². The zero-order valence-corrected chi connectivity index (χ0v) is 17.7. The summed E-state index contributed by atoms with van der Waals surface area (Å²) >= 11 is 1.49. The molecule has 0 amide bonds. The van der Waals surface area contributed by atoms with Crippen LogP contribution in [0.3, 0.4) is 0 Å². The molecule has 1 aliphatic carbocycles. The number of ketones is 2. The van der Waals surface area contributed by atoms with Crippen molar-refractivity contribution >= 4 is 45.4 Å². The topological polar surface area (TPSA) is 61.2 Å². The summed E-state index contributed by atoms with van der Waals surface area (Å²) in [6.45, 7) is 0. The molecule has 0 fully saturated rings. The Hall–Kier alpha value is -4.27. The molecule has 0 saturated heterocycles. The summed E-state index contributed by atoms with van der Waals surface area (Å²) in [5, 5.41) is 10.1. The normalized spacial score (nSPS) is 12.4. The summed E-state index contributed by atoms with van der Waals surface area (Å²) < 4.78 is 0. The Labute approximate surface area is 189 Å². The molecule has 0 saturated carbocycles. The largest absolute Gasteiger partial charge is 0.302 e. The number of allylic oxidation sites excluding steroid dienone is 1. The van der Waals surface area contributed by atoms with Crippen molar-refractivity contribution in [1.29, 1.82) is 5.26 Å². The first-order valence-electron chi connectivity index (χ1n) is 10.0. The highest BCUT2D eigenvalue weighted by Gasteiger charge is 2.32. The van der Waals surface area contributed by atoms with Crippen molar-refractivity contribution in [2.75, 3.05) is 4.90 Å². The highest BCUT2D eigenvalue weighted by molar-refractivity contribution is 7.17. The Balaban J connectivity index is 1.54. The molecule has 32 heavy (non-hydrogen) atoms. The smallest absolute Gasteiger partial charge is 0.197 e. The number of benzene rings is 3. The molecular formula is C27H16N2O2S. The van der Waals surface area contributed by atoms with Crippen LogP contribution in [0.15, 0.2) is 96.6 Å². The van der Waals surface area contributed by atoms with Gasteiger partial charge >= 0.3 is 0 Å². The van der Waals surface area contributed by atoms with Gasteiger partial charge in [-0.3, -0.25) is 9.59 Å². The van der Waals surface area contributed by atoms with Crippen molar-refractivity contribution in [1.82, 2.24) is 0 Å². The monoisotopic (exact) mass is 432 g/mol. The van der Waals surface area contributed by atoms with Crippen LogP contribution in [0, 0.1) is 11.3 Å². The summed E-state index contributed by atoms with van der Waals surface area (Å²) in [6, 6.07) is 30.3. The van der Waals surface area contributed by atoms with Crippen LogP contribution in [-0.2, 0) is 0 Å². The first kappa shape index (κ1) is 19.7. The lowest BCUT2D eigenvalue weighted by molar-refractivity contribution is 0.0990. The van der Waals surface area contributed by atoms with Crippen LogP contribution in [0.5, 0.6) is 0 Å². The predicted molar refractivity (Wildman–Crippen MR) is 127 cm³/mol. The average Bonchev–Trinajstić information content (AvgIpc) is 3.39. The molecule has 152 valence electrons. The fourth-order valence-electron chi connectivity index (χ4n) is 3.75. The van der Waals surface area contributed by atoms with Crippen LogP contribution in [0.1, 0.15) is 31.2 Å². The zero-order valence-electron chi connectivity index (χ0n) is 16.9. The Kier molecular flexibility index (Phi) is 4.98. The van der Waals surface area contributed by atoms with E-state index in [1.807, 2.05) is 54.6 Å². The molecule has 4 aromatic rings. The van der Waals surface area contributed by atoms with Gasteiger partial charge in [0.05, 0.1) is 17.2 Å². The van der Waals surface area contributed by atoms with Crippen molar-refractivity contribution in [2.45, 2.75) is 0 Å². The maximum atomic E-state index is 12.7. The lowest BCUT2D eigenvalue weighted by Crippen LogP contribution is -2.08. The fraction of sp³-hybridized carbons (Fsp3) is 0. The quantitative estimate of drug-likeness (QED) is 0.271. The number of fused-ring (bicyclic) bond motifs is 1. The van der Waals surface area contributed by atoms with E-state index in [2.05, 4.69) is 11.0 Å². The molecular weight excluding hydrogens is 416 g/mol. The van der Waals surface area contributed by atoms with E-state index in [1.165, 1.54) is 11.3 Å². The third-order valence-electron chi connectivity index (χ3n) is 5.29. The molecule has 1 aromatic heterocycles. The molecule has 0 radical (unpaired) electrons. The van der Waals surface area contributed by atoms with E-state index in [1.54, 1.807) is 42.5 Å². The first-order valence-corrected chi connectivity index (χ1v) is 10.8. The number of carbonyl (C=O) groups excluding carboxylic acids is 2. The summed E-state index contributed by atoms with van der Waals surface area (Å²) in [5.74, 6) is -0.458. The van der Waals surface area contributed by atoms with Crippen LogP contribution in [0.2, 0.25) is 0 Å². The Morgan fingerprint density at radius 2 is 1.31 bits per heavy atom. The molecule has 0 spiro atoms. The van der Waals surface area contributed by atoms with Crippen LogP contribution < -0.4 is 4.90 Å². The lowest BCUT2D eigenvalue weighted by atomic mass is 10.1. The van der Waals surface area contributed by atoms with Gasteiger partial charge in [-0.25, -0.2) is 0 Å². The van der Waals surface area contributed by atoms with Gasteiger partial charge in [0, 0.05) is 27.4 Å². The minimum Gasteiger partial charge on any atom is -0.302 e. The third-order valence-corrected chi connectivity index (χ3v) is 6.31. The number of carbonyl (C=O) groups is 2. The van der Waals surface area contributed by atoms with Crippen molar-refractivity contribution in [2.24, 2.45) is 0 Å². The minimum atomic E-state index is -0.229. The van der Waals surface area contributed by atoms with E-state index in [-0.39, 0.29) is 17.1 Å². The van der Waals surface area contributed by atoms with Crippen molar-refractivity contribution in [3.63, 3.8) is 0 Å². The second kappa shape index (κ2) is 8.10. The molecule has 0 bridgehead atoms. The van der Waals surface area contributed by atoms with Crippen molar-refractivity contribution < 1.29 is 9.59 Å². The molecule has 5 rings (SSSR count). The molecule has 0 N–H and O–H groups in total. The number of rotatable bonds is 4. The second-order valence-corrected chi connectivity index (χ2v) is 8.36. The molecule has 0 aliphatic heterocycles. The minimum absolute atomic E-state index is 0.198. The number of anilines is 3.